The normalized spacial score (nSPS) is 24.1. The maximum Gasteiger partial charge on any atom is 0.315 e. The van der Waals surface area contributed by atoms with E-state index in [4.69, 9.17) is 5.11 Å². The fourth-order valence-corrected chi connectivity index (χ4v) is 2.60. The van der Waals surface area contributed by atoms with Gasteiger partial charge in [-0.05, 0) is 25.5 Å². The molecule has 16 heavy (non-hydrogen) atoms. The monoisotopic (exact) mass is 246 g/mol. The van der Waals surface area contributed by atoms with Crippen molar-refractivity contribution >= 4 is 23.8 Å². The Balaban J connectivity index is 2.12. The summed E-state index contributed by atoms with van der Waals surface area (Å²) in [5.41, 5.74) is 0. The third-order valence-electron chi connectivity index (χ3n) is 2.68. The van der Waals surface area contributed by atoms with Crippen LogP contribution in [0.5, 0.6) is 0 Å². The van der Waals surface area contributed by atoms with E-state index in [1.54, 1.807) is 0 Å². The number of thioether (sulfide) groups is 1. The van der Waals surface area contributed by atoms with Crippen LogP contribution in [0.3, 0.4) is 0 Å². The Labute approximate surface area is 99.4 Å². The number of aliphatic carboxylic acids is 1. The molecule has 2 atom stereocenters. The van der Waals surface area contributed by atoms with E-state index < -0.39 is 5.97 Å². The van der Waals surface area contributed by atoms with E-state index in [0.717, 1.165) is 19.3 Å². The van der Waals surface area contributed by atoms with Gasteiger partial charge >= 0.3 is 12.0 Å². The summed E-state index contributed by atoms with van der Waals surface area (Å²) in [7, 11) is 0. The van der Waals surface area contributed by atoms with E-state index in [9.17, 15) is 9.59 Å². The van der Waals surface area contributed by atoms with Crippen LogP contribution in [0.4, 0.5) is 4.79 Å². The van der Waals surface area contributed by atoms with Crippen LogP contribution in [0.2, 0.25) is 0 Å². The minimum absolute atomic E-state index is 0.0362. The lowest BCUT2D eigenvalue weighted by Gasteiger charge is -2.13. The first kappa shape index (κ1) is 13.2. The van der Waals surface area contributed by atoms with Crippen LogP contribution in [-0.4, -0.2) is 41.2 Å². The summed E-state index contributed by atoms with van der Waals surface area (Å²) in [5.74, 6) is -0.899. The highest BCUT2D eigenvalue weighted by Gasteiger charge is 2.24. The van der Waals surface area contributed by atoms with Crippen LogP contribution >= 0.6 is 11.8 Å². The average Bonchev–Trinajstić information content (AvgIpc) is 2.65. The van der Waals surface area contributed by atoms with Crippen molar-refractivity contribution in [1.82, 2.24) is 10.6 Å². The Morgan fingerprint density at radius 2 is 2.19 bits per heavy atom. The van der Waals surface area contributed by atoms with Gasteiger partial charge in [-0.3, -0.25) is 4.79 Å². The number of hydrogen-bond acceptors (Lipinski definition) is 3. The number of urea groups is 1. The SMILES string of the molecule is CSC1CCC(NC(=O)NCCC(=O)O)C1. The van der Waals surface area contributed by atoms with Crippen LogP contribution in [0.25, 0.3) is 0 Å². The molecule has 0 aromatic rings. The molecule has 5 nitrogen and oxygen atoms in total. The molecular weight excluding hydrogens is 228 g/mol. The fraction of sp³-hybridized carbons (Fsp3) is 0.800. The molecule has 1 fully saturated rings. The Morgan fingerprint density at radius 1 is 1.44 bits per heavy atom. The highest BCUT2D eigenvalue weighted by molar-refractivity contribution is 7.99. The molecule has 0 bridgehead atoms. The van der Waals surface area contributed by atoms with Crippen molar-refractivity contribution in [2.24, 2.45) is 0 Å². The van der Waals surface area contributed by atoms with Gasteiger partial charge in [-0.2, -0.15) is 11.8 Å². The molecule has 2 unspecified atom stereocenters. The number of nitrogens with one attached hydrogen (secondary N) is 2. The zero-order valence-electron chi connectivity index (χ0n) is 9.36. The summed E-state index contributed by atoms with van der Waals surface area (Å²) in [6.07, 6.45) is 5.21. The minimum Gasteiger partial charge on any atom is -0.481 e. The number of rotatable bonds is 5. The van der Waals surface area contributed by atoms with E-state index in [0.29, 0.717) is 5.25 Å². The van der Waals surface area contributed by atoms with Crippen molar-refractivity contribution in [3.8, 4) is 0 Å². The van der Waals surface area contributed by atoms with Gasteiger partial charge in [0.2, 0.25) is 0 Å². The predicted molar refractivity (Wildman–Crippen MR) is 63.7 cm³/mol. The number of carbonyl (C=O) groups is 2. The molecule has 1 rings (SSSR count). The summed E-state index contributed by atoms with van der Waals surface area (Å²) < 4.78 is 0. The molecule has 0 spiro atoms. The van der Waals surface area contributed by atoms with Gasteiger partial charge in [0.25, 0.3) is 0 Å². The van der Waals surface area contributed by atoms with E-state index in [2.05, 4.69) is 16.9 Å². The molecular formula is C10H18N2O3S. The van der Waals surface area contributed by atoms with Gasteiger partial charge < -0.3 is 15.7 Å². The highest BCUT2D eigenvalue weighted by atomic mass is 32.2. The van der Waals surface area contributed by atoms with Gasteiger partial charge in [0.05, 0.1) is 6.42 Å². The zero-order chi connectivity index (χ0) is 12.0. The molecule has 1 aliphatic carbocycles. The Morgan fingerprint density at radius 3 is 2.75 bits per heavy atom. The summed E-state index contributed by atoms with van der Waals surface area (Å²) >= 11 is 1.84. The van der Waals surface area contributed by atoms with Gasteiger partial charge in [-0.15, -0.1) is 0 Å². The molecule has 1 saturated carbocycles. The maximum atomic E-state index is 11.4. The summed E-state index contributed by atoms with van der Waals surface area (Å²) in [6.45, 7) is 0.180. The third-order valence-corrected chi connectivity index (χ3v) is 3.77. The van der Waals surface area contributed by atoms with E-state index in [1.165, 1.54) is 0 Å². The van der Waals surface area contributed by atoms with Crippen LogP contribution in [0.15, 0.2) is 0 Å². The molecule has 2 amide bonds. The molecule has 6 heteroatoms. The smallest absolute Gasteiger partial charge is 0.315 e. The lowest BCUT2D eigenvalue weighted by atomic mass is 10.2. The fourth-order valence-electron chi connectivity index (χ4n) is 1.80. The molecule has 0 heterocycles. The van der Waals surface area contributed by atoms with Gasteiger partial charge in [0.15, 0.2) is 0 Å². The number of carboxylic acids is 1. The van der Waals surface area contributed by atoms with Crippen LogP contribution in [0.1, 0.15) is 25.7 Å². The number of carbonyl (C=O) groups excluding carboxylic acids is 1. The Bertz CT molecular complexity index is 260. The predicted octanol–water partition coefficient (Wildman–Crippen LogP) is 1.04. The highest BCUT2D eigenvalue weighted by Crippen LogP contribution is 2.27. The van der Waals surface area contributed by atoms with Crippen molar-refractivity contribution in [3.63, 3.8) is 0 Å². The second-order valence-corrected chi connectivity index (χ2v) is 5.05. The van der Waals surface area contributed by atoms with Crippen molar-refractivity contribution in [1.29, 1.82) is 0 Å². The number of carboxylic acid groups (broad SMARTS) is 1. The molecule has 0 saturated heterocycles. The summed E-state index contributed by atoms with van der Waals surface area (Å²) in [5, 5.41) is 14.4. The first-order valence-corrected chi connectivity index (χ1v) is 6.69. The summed E-state index contributed by atoms with van der Waals surface area (Å²) in [4.78, 5) is 21.6. The first-order chi connectivity index (χ1) is 7.61. The lowest BCUT2D eigenvalue weighted by molar-refractivity contribution is -0.136. The maximum absolute atomic E-state index is 11.4. The van der Waals surface area contributed by atoms with Gasteiger partial charge in [0, 0.05) is 17.8 Å². The van der Waals surface area contributed by atoms with E-state index in [-0.39, 0.29) is 25.0 Å². The van der Waals surface area contributed by atoms with Crippen molar-refractivity contribution in [3.05, 3.63) is 0 Å². The Hall–Kier alpha value is -0.910. The van der Waals surface area contributed by atoms with Gasteiger partial charge in [-0.1, -0.05) is 0 Å². The topological polar surface area (TPSA) is 78.4 Å². The Kier molecular flexibility index (Phi) is 5.45. The number of amides is 2. The van der Waals surface area contributed by atoms with Crippen molar-refractivity contribution in [2.45, 2.75) is 37.0 Å². The standard InChI is InChI=1S/C10H18N2O3S/c1-16-8-3-2-7(6-8)12-10(15)11-5-4-9(13)14/h7-8H,2-6H2,1H3,(H,13,14)(H2,11,12,15). The average molecular weight is 246 g/mol. The van der Waals surface area contributed by atoms with Crippen LogP contribution in [-0.2, 0) is 4.79 Å². The largest absolute Gasteiger partial charge is 0.481 e. The molecule has 3 N–H and O–H groups in total. The molecule has 0 aliphatic heterocycles. The first-order valence-electron chi connectivity index (χ1n) is 5.40. The molecule has 92 valence electrons. The van der Waals surface area contributed by atoms with E-state index >= 15 is 0 Å². The molecule has 0 aromatic carbocycles. The van der Waals surface area contributed by atoms with Crippen molar-refractivity contribution in [2.75, 3.05) is 12.8 Å². The second kappa shape index (κ2) is 6.62. The minimum atomic E-state index is -0.899. The molecule has 0 radical (unpaired) electrons. The van der Waals surface area contributed by atoms with Crippen LogP contribution in [0, 0.1) is 0 Å². The quantitative estimate of drug-likeness (QED) is 0.677. The zero-order valence-corrected chi connectivity index (χ0v) is 10.2. The molecule has 1 aliphatic rings. The van der Waals surface area contributed by atoms with E-state index in [1.807, 2.05) is 11.8 Å². The van der Waals surface area contributed by atoms with Gasteiger partial charge in [-0.25, -0.2) is 4.79 Å². The number of hydrogen-bond donors (Lipinski definition) is 3. The van der Waals surface area contributed by atoms with Crippen LogP contribution < -0.4 is 10.6 Å². The third kappa shape index (κ3) is 4.74. The lowest BCUT2D eigenvalue weighted by Crippen LogP contribution is -2.41. The second-order valence-electron chi connectivity index (χ2n) is 3.91. The van der Waals surface area contributed by atoms with Crippen molar-refractivity contribution < 1.29 is 14.7 Å². The molecule has 0 aromatic heterocycles. The van der Waals surface area contributed by atoms with Gasteiger partial charge in [0.1, 0.15) is 0 Å². The summed E-state index contributed by atoms with van der Waals surface area (Å²) in [6, 6.07) is -0.0183.